The number of nitrogens with zero attached hydrogens (tertiary/aromatic N) is 5. The molecule has 0 spiro atoms. The molecular weight excluding hydrogens is 450 g/mol. The molecule has 5 rings (SSSR count). The van der Waals surface area contributed by atoms with Gasteiger partial charge < -0.3 is 15.2 Å². The van der Waals surface area contributed by atoms with Crippen LogP contribution in [0.15, 0.2) is 41.1 Å². The number of pyridine rings is 1. The van der Waals surface area contributed by atoms with Gasteiger partial charge in [0.1, 0.15) is 35.2 Å². The molecule has 1 aliphatic rings. The maximum absolute atomic E-state index is 15.4. The van der Waals surface area contributed by atoms with Gasteiger partial charge in [-0.1, -0.05) is 11.2 Å². The molecule has 4 aromatic rings. The van der Waals surface area contributed by atoms with Gasteiger partial charge >= 0.3 is 0 Å². The lowest BCUT2D eigenvalue weighted by atomic mass is 9.90. The Morgan fingerprint density at radius 2 is 1.83 bits per heavy atom. The molecule has 0 unspecified atom stereocenters. The van der Waals surface area contributed by atoms with Crippen LogP contribution in [0.25, 0.3) is 33.2 Å². The lowest BCUT2D eigenvalue weighted by Gasteiger charge is -2.32. The second-order valence-corrected chi connectivity index (χ2v) is 8.58. The average Bonchev–Trinajstić information content (AvgIpc) is 3.22. The predicted molar refractivity (Wildman–Crippen MR) is 126 cm³/mol. The summed E-state index contributed by atoms with van der Waals surface area (Å²) in [5, 5.41) is 23.8. The number of piperidine rings is 1. The van der Waals surface area contributed by atoms with Crippen molar-refractivity contribution < 1.29 is 13.3 Å². The van der Waals surface area contributed by atoms with Crippen LogP contribution in [0.5, 0.6) is 0 Å². The molecule has 2 aromatic carbocycles. The van der Waals surface area contributed by atoms with E-state index in [1.807, 2.05) is 4.90 Å². The van der Waals surface area contributed by atoms with Crippen LogP contribution in [-0.4, -0.2) is 29.3 Å². The van der Waals surface area contributed by atoms with E-state index in [4.69, 9.17) is 15.5 Å². The van der Waals surface area contributed by atoms with Gasteiger partial charge in [-0.2, -0.15) is 10.5 Å². The number of aromatic nitrogens is 2. The molecule has 1 aliphatic heterocycles. The largest absolute Gasteiger partial charge is 0.356 e. The van der Waals surface area contributed by atoms with E-state index in [1.165, 1.54) is 30.5 Å². The molecule has 0 radical (unpaired) electrons. The Balaban J connectivity index is 1.78. The minimum atomic E-state index is -0.732. The maximum atomic E-state index is 15.4. The third kappa shape index (κ3) is 3.86. The van der Waals surface area contributed by atoms with Crippen molar-refractivity contribution in [3.63, 3.8) is 0 Å². The standard InChI is InChI=1S/C26H20F2N6O/c1-14-18-9-23(28)19(10-24(18)35-33-14)21-13-32-26(34-6-4-17(31)5-7-34)20(12-30)25(21)15-2-3-16(11-29)22(27)8-15/h2-3,8-10,13,17H,4-7,31H2,1H3. The second-order valence-electron chi connectivity index (χ2n) is 8.58. The maximum Gasteiger partial charge on any atom is 0.167 e. The van der Waals surface area contributed by atoms with Crippen LogP contribution >= 0.6 is 0 Å². The fraction of sp³-hybridized carbons (Fsp3) is 0.231. The molecule has 0 saturated carbocycles. The van der Waals surface area contributed by atoms with Crippen molar-refractivity contribution in [1.29, 1.82) is 10.5 Å². The first kappa shape index (κ1) is 22.5. The van der Waals surface area contributed by atoms with E-state index in [0.29, 0.717) is 52.3 Å². The van der Waals surface area contributed by atoms with Gasteiger partial charge in [0.15, 0.2) is 5.58 Å². The highest BCUT2D eigenvalue weighted by Crippen LogP contribution is 2.41. The second kappa shape index (κ2) is 8.79. The molecule has 0 bridgehead atoms. The average molecular weight is 470 g/mol. The molecule has 2 N–H and O–H groups in total. The minimum Gasteiger partial charge on any atom is -0.356 e. The molecule has 0 amide bonds. The number of halogens is 2. The zero-order valence-electron chi connectivity index (χ0n) is 18.8. The predicted octanol–water partition coefficient (Wildman–Crippen LogP) is 4.81. The number of aryl methyl sites for hydroxylation is 1. The summed E-state index contributed by atoms with van der Waals surface area (Å²) >= 11 is 0. The van der Waals surface area contributed by atoms with E-state index in [0.717, 1.165) is 12.8 Å². The van der Waals surface area contributed by atoms with E-state index in [9.17, 15) is 9.65 Å². The van der Waals surface area contributed by atoms with Gasteiger partial charge in [-0.05, 0) is 49.6 Å². The summed E-state index contributed by atoms with van der Waals surface area (Å²) in [5.41, 5.74) is 8.13. The SMILES string of the molecule is Cc1noc2cc(-c3cnc(N4CCC(N)CC4)c(C#N)c3-c3ccc(C#N)c(F)c3)c(F)cc12. The number of benzene rings is 2. The summed E-state index contributed by atoms with van der Waals surface area (Å²) < 4.78 is 35.3. The molecule has 2 aromatic heterocycles. The number of rotatable bonds is 3. The van der Waals surface area contributed by atoms with Crippen LogP contribution < -0.4 is 10.6 Å². The summed E-state index contributed by atoms with van der Waals surface area (Å²) in [6.07, 6.45) is 2.97. The van der Waals surface area contributed by atoms with Crippen molar-refractivity contribution in [2.24, 2.45) is 5.73 Å². The van der Waals surface area contributed by atoms with Crippen LogP contribution in [0.4, 0.5) is 14.6 Å². The van der Waals surface area contributed by atoms with Crippen molar-refractivity contribution in [1.82, 2.24) is 10.1 Å². The van der Waals surface area contributed by atoms with Gasteiger partial charge in [0, 0.05) is 47.4 Å². The molecule has 3 heterocycles. The Bertz CT molecular complexity index is 1540. The topological polar surface area (TPSA) is 116 Å². The molecule has 9 heteroatoms. The normalized spacial score (nSPS) is 14.2. The number of fused-ring (bicyclic) bond motifs is 1. The van der Waals surface area contributed by atoms with E-state index in [2.05, 4.69) is 16.2 Å². The lowest BCUT2D eigenvalue weighted by Crippen LogP contribution is -2.40. The van der Waals surface area contributed by atoms with E-state index in [1.54, 1.807) is 19.1 Å². The van der Waals surface area contributed by atoms with Crippen molar-refractivity contribution >= 4 is 16.8 Å². The number of nitriles is 2. The van der Waals surface area contributed by atoms with E-state index >= 15 is 4.39 Å². The summed E-state index contributed by atoms with van der Waals surface area (Å²) in [5.74, 6) is -0.856. The van der Waals surface area contributed by atoms with E-state index < -0.39 is 11.6 Å². The first-order valence-electron chi connectivity index (χ1n) is 11.1. The van der Waals surface area contributed by atoms with Gasteiger partial charge in [-0.25, -0.2) is 13.8 Å². The Hall–Kier alpha value is -4.34. The van der Waals surface area contributed by atoms with Crippen LogP contribution in [0.2, 0.25) is 0 Å². The zero-order valence-corrected chi connectivity index (χ0v) is 18.8. The van der Waals surface area contributed by atoms with Gasteiger partial charge in [0.05, 0.1) is 11.3 Å². The Morgan fingerprint density at radius 3 is 2.51 bits per heavy atom. The highest BCUT2D eigenvalue weighted by atomic mass is 19.1. The first-order valence-corrected chi connectivity index (χ1v) is 11.1. The van der Waals surface area contributed by atoms with Gasteiger partial charge in [-0.3, -0.25) is 0 Å². The molecule has 35 heavy (non-hydrogen) atoms. The zero-order chi connectivity index (χ0) is 24.7. The van der Waals surface area contributed by atoms with Crippen molar-refractivity contribution in [2.75, 3.05) is 18.0 Å². The molecule has 7 nitrogen and oxygen atoms in total. The third-order valence-electron chi connectivity index (χ3n) is 6.42. The van der Waals surface area contributed by atoms with Gasteiger partial charge in [-0.15, -0.1) is 0 Å². The molecular formula is C26H20F2N6O. The van der Waals surface area contributed by atoms with Crippen LogP contribution in [0, 0.1) is 41.2 Å². The van der Waals surface area contributed by atoms with Crippen molar-refractivity contribution in [3.05, 3.63) is 65.0 Å². The lowest BCUT2D eigenvalue weighted by molar-refractivity contribution is 0.450. The van der Waals surface area contributed by atoms with Crippen molar-refractivity contribution in [2.45, 2.75) is 25.8 Å². The minimum absolute atomic E-state index is 0.0781. The molecule has 1 fully saturated rings. The summed E-state index contributed by atoms with van der Waals surface area (Å²) in [6.45, 7) is 2.94. The fourth-order valence-corrected chi connectivity index (χ4v) is 4.51. The first-order chi connectivity index (χ1) is 16.9. The fourth-order valence-electron chi connectivity index (χ4n) is 4.51. The number of hydrogen-bond donors (Lipinski definition) is 1. The number of anilines is 1. The van der Waals surface area contributed by atoms with Crippen molar-refractivity contribution in [3.8, 4) is 34.4 Å². The Kier molecular flexibility index (Phi) is 5.64. The van der Waals surface area contributed by atoms with Gasteiger partial charge in [0.2, 0.25) is 0 Å². The summed E-state index contributed by atoms with van der Waals surface area (Å²) in [6, 6.07) is 11.0. The van der Waals surface area contributed by atoms with Gasteiger partial charge in [0.25, 0.3) is 0 Å². The third-order valence-corrected chi connectivity index (χ3v) is 6.42. The molecule has 0 atom stereocenters. The quantitative estimate of drug-likeness (QED) is 0.457. The van der Waals surface area contributed by atoms with Crippen LogP contribution in [-0.2, 0) is 0 Å². The number of nitrogens with two attached hydrogens (primary N) is 1. The highest BCUT2D eigenvalue weighted by Gasteiger charge is 2.26. The summed E-state index contributed by atoms with van der Waals surface area (Å²) in [4.78, 5) is 6.51. The molecule has 174 valence electrons. The van der Waals surface area contributed by atoms with Crippen LogP contribution in [0.1, 0.15) is 29.7 Å². The van der Waals surface area contributed by atoms with E-state index in [-0.39, 0.29) is 22.7 Å². The Morgan fingerprint density at radius 1 is 1.06 bits per heavy atom. The highest BCUT2D eigenvalue weighted by molar-refractivity contribution is 5.93. The number of hydrogen-bond acceptors (Lipinski definition) is 7. The summed E-state index contributed by atoms with van der Waals surface area (Å²) in [7, 11) is 0. The smallest absolute Gasteiger partial charge is 0.167 e. The monoisotopic (exact) mass is 470 g/mol. The molecule has 1 saturated heterocycles. The molecule has 0 aliphatic carbocycles. The Labute approximate surface area is 200 Å². The van der Waals surface area contributed by atoms with Crippen LogP contribution in [0.3, 0.4) is 0 Å².